The van der Waals surface area contributed by atoms with Gasteiger partial charge >= 0.3 is 0 Å². The van der Waals surface area contributed by atoms with E-state index < -0.39 is 0 Å². The molecule has 2 heterocycles. The van der Waals surface area contributed by atoms with Gasteiger partial charge in [0.25, 0.3) is 0 Å². The molecule has 1 N–H and O–H groups in total. The first kappa shape index (κ1) is 11.7. The summed E-state index contributed by atoms with van der Waals surface area (Å²) >= 11 is 0. The van der Waals surface area contributed by atoms with Crippen LogP contribution in [0.25, 0.3) is 0 Å². The van der Waals surface area contributed by atoms with Crippen LogP contribution in [0.2, 0.25) is 0 Å². The van der Waals surface area contributed by atoms with Crippen LogP contribution in [0.15, 0.2) is 18.3 Å². The van der Waals surface area contributed by atoms with Crippen molar-refractivity contribution in [1.29, 1.82) is 0 Å². The molecule has 18 heavy (non-hydrogen) atoms. The Labute approximate surface area is 109 Å². The average Bonchev–Trinajstić information content (AvgIpc) is 2.84. The monoisotopic (exact) mass is 241 g/mol. The van der Waals surface area contributed by atoms with Crippen molar-refractivity contribution in [3.05, 3.63) is 29.6 Å². The quantitative estimate of drug-likeness (QED) is 0.744. The van der Waals surface area contributed by atoms with Gasteiger partial charge < -0.3 is 5.32 Å². The van der Waals surface area contributed by atoms with E-state index >= 15 is 0 Å². The molecule has 0 spiro atoms. The molecule has 1 unspecified atom stereocenters. The summed E-state index contributed by atoms with van der Waals surface area (Å²) < 4.78 is 0. The number of rotatable bonds is 1. The zero-order valence-electron chi connectivity index (χ0n) is 10.7. The van der Waals surface area contributed by atoms with Crippen LogP contribution < -0.4 is 5.32 Å². The van der Waals surface area contributed by atoms with Crippen LogP contribution >= 0.6 is 0 Å². The number of hydrogen-bond donors (Lipinski definition) is 1. The molecule has 0 saturated carbocycles. The number of hydrogen-bond acceptors (Lipinski definition) is 3. The minimum absolute atomic E-state index is 0.365. The van der Waals surface area contributed by atoms with Gasteiger partial charge in [0.2, 0.25) is 0 Å². The highest BCUT2D eigenvalue weighted by molar-refractivity contribution is 5.34. The van der Waals surface area contributed by atoms with Crippen molar-refractivity contribution in [2.24, 2.45) is 0 Å². The fraction of sp³-hybridized carbons (Fsp3) is 0.533. The van der Waals surface area contributed by atoms with Gasteiger partial charge in [0.05, 0.1) is 18.2 Å². The molecule has 0 amide bonds. The summed E-state index contributed by atoms with van der Waals surface area (Å²) in [5.41, 5.74) is 2.60. The van der Waals surface area contributed by atoms with E-state index in [4.69, 9.17) is 0 Å². The summed E-state index contributed by atoms with van der Waals surface area (Å²) in [6, 6.07) is 4.20. The molecule has 1 aromatic rings. The Morgan fingerprint density at radius 1 is 1.39 bits per heavy atom. The maximum absolute atomic E-state index is 4.48. The van der Waals surface area contributed by atoms with E-state index in [-0.39, 0.29) is 0 Å². The van der Waals surface area contributed by atoms with Crippen LogP contribution in [-0.4, -0.2) is 42.6 Å². The van der Waals surface area contributed by atoms with E-state index in [1.807, 2.05) is 12.3 Å². The molecule has 3 heteroatoms. The Kier molecular flexibility index (Phi) is 3.59. The average molecular weight is 241 g/mol. The van der Waals surface area contributed by atoms with Crippen LogP contribution in [0, 0.1) is 11.8 Å². The van der Waals surface area contributed by atoms with Gasteiger partial charge in [0.1, 0.15) is 0 Å². The molecule has 0 aromatic carbocycles. The molecule has 3 rings (SSSR count). The number of aryl methyl sites for hydroxylation is 1. The van der Waals surface area contributed by atoms with Crippen molar-refractivity contribution in [3.63, 3.8) is 0 Å². The van der Waals surface area contributed by atoms with Gasteiger partial charge in [-0.3, -0.25) is 9.88 Å². The Morgan fingerprint density at radius 2 is 2.28 bits per heavy atom. The third-order valence-electron chi connectivity index (χ3n) is 3.75. The molecule has 0 bridgehead atoms. The van der Waals surface area contributed by atoms with Gasteiger partial charge in [-0.05, 0) is 24.5 Å². The predicted octanol–water partition coefficient (Wildman–Crippen LogP) is 1.02. The van der Waals surface area contributed by atoms with Gasteiger partial charge in [-0.25, -0.2) is 0 Å². The number of aromatic nitrogens is 1. The number of pyridine rings is 1. The fourth-order valence-corrected chi connectivity index (χ4v) is 2.70. The molecule has 0 radical (unpaired) electrons. The van der Waals surface area contributed by atoms with Crippen molar-refractivity contribution in [2.75, 3.05) is 32.7 Å². The first-order chi connectivity index (χ1) is 8.93. The van der Waals surface area contributed by atoms with Crippen LogP contribution in [-0.2, 0) is 6.42 Å². The summed E-state index contributed by atoms with van der Waals surface area (Å²) in [6.07, 6.45) is 4.16. The fourth-order valence-electron chi connectivity index (χ4n) is 2.70. The van der Waals surface area contributed by atoms with Gasteiger partial charge in [-0.1, -0.05) is 17.9 Å². The normalized spacial score (nSPS) is 23.2. The Morgan fingerprint density at radius 3 is 3.17 bits per heavy atom. The summed E-state index contributed by atoms with van der Waals surface area (Å²) in [5, 5.41) is 3.36. The van der Waals surface area contributed by atoms with Gasteiger partial charge in [0.15, 0.2) is 0 Å². The second-order valence-electron chi connectivity index (χ2n) is 4.99. The highest BCUT2D eigenvalue weighted by atomic mass is 15.2. The zero-order chi connectivity index (χ0) is 12.2. The number of fused-ring (bicyclic) bond motifs is 1. The van der Waals surface area contributed by atoms with Crippen LogP contribution in [0.4, 0.5) is 0 Å². The molecule has 94 valence electrons. The Hall–Kier alpha value is -1.37. The second kappa shape index (κ2) is 5.51. The number of piperazine rings is 1. The summed E-state index contributed by atoms with van der Waals surface area (Å²) in [5.74, 6) is 7.12. The van der Waals surface area contributed by atoms with E-state index in [0.29, 0.717) is 5.92 Å². The first-order valence-electron chi connectivity index (χ1n) is 6.79. The molecule has 1 fully saturated rings. The lowest BCUT2D eigenvalue weighted by atomic mass is 10.1. The molecular formula is C15H19N3. The van der Waals surface area contributed by atoms with Crippen LogP contribution in [0.5, 0.6) is 0 Å². The smallest absolute Gasteiger partial charge is 0.0631 e. The molecular weight excluding hydrogens is 222 g/mol. The maximum Gasteiger partial charge on any atom is 0.0631 e. The molecule has 1 aliphatic carbocycles. The lowest BCUT2D eigenvalue weighted by Crippen LogP contribution is -2.43. The Balaban J connectivity index is 1.61. The molecule has 3 nitrogen and oxygen atoms in total. The van der Waals surface area contributed by atoms with E-state index in [1.54, 1.807) is 0 Å². The predicted molar refractivity (Wildman–Crippen MR) is 72.4 cm³/mol. The van der Waals surface area contributed by atoms with Crippen molar-refractivity contribution in [1.82, 2.24) is 15.2 Å². The first-order valence-corrected chi connectivity index (χ1v) is 6.79. The SMILES string of the molecule is C(#CC1CCc2cccnc21)CN1CCNCC1. The third kappa shape index (κ3) is 2.55. The topological polar surface area (TPSA) is 28.2 Å². The maximum atomic E-state index is 4.48. The summed E-state index contributed by atoms with van der Waals surface area (Å²) in [6.45, 7) is 5.33. The lowest BCUT2D eigenvalue weighted by Gasteiger charge is -2.24. The molecule has 1 aromatic heterocycles. The van der Waals surface area contributed by atoms with Crippen molar-refractivity contribution in [2.45, 2.75) is 18.8 Å². The number of nitrogens with zero attached hydrogens (tertiary/aromatic N) is 2. The molecule has 2 aliphatic rings. The highest BCUT2D eigenvalue weighted by Gasteiger charge is 2.21. The molecule has 1 atom stereocenters. The van der Waals surface area contributed by atoms with Gasteiger partial charge in [-0.15, -0.1) is 0 Å². The third-order valence-corrected chi connectivity index (χ3v) is 3.75. The molecule has 1 saturated heterocycles. The molecule has 1 aliphatic heterocycles. The summed E-state index contributed by atoms with van der Waals surface area (Å²) in [4.78, 5) is 6.89. The van der Waals surface area contributed by atoms with Crippen molar-refractivity contribution in [3.8, 4) is 11.8 Å². The summed E-state index contributed by atoms with van der Waals surface area (Å²) in [7, 11) is 0. The van der Waals surface area contributed by atoms with Crippen LogP contribution in [0.1, 0.15) is 23.6 Å². The standard InChI is InChI=1S/C15H19N3/c1-3-13-5-6-14(15(13)17-7-1)4-2-10-18-11-8-16-9-12-18/h1,3,7,14,16H,5-6,8-12H2. The van der Waals surface area contributed by atoms with Gasteiger partial charge in [0, 0.05) is 32.4 Å². The Bertz CT molecular complexity index is 466. The van der Waals surface area contributed by atoms with Crippen molar-refractivity contribution >= 4 is 0 Å². The van der Waals surface area contributed by atoms with E-state index in [1.165, 1.54) is 11.3 Å². The number of nitrogens with one attached hydrogen (secondary N) is 1. The minimum atomic E-state index is 0.365. The zero-order valence-corrected chi connectivity index (χ0v) is 10.7. The van der Waals surface area contributed by atoms with Gasteiger partial charge in [-0.2, -0.15) is 0 Å². The minimum Gasteiger partial charge on any atom is -0.314 e. The lowest BCUT2D eigenvalue weighted by molar-refractivity contribution is 0.268. The largest absolute Gasteiger partial charge is 0.314 e. The van der Waals surface area contributed by atoms with E-state index in [9.17, 15) is 0 Å². The second-order valence-corrected chi connectivity index (χ2v) is 4.99. The van der Waals surface area contributed by atoms with E-state index in [0.717, 1.165) is 45.6 Å². The van der Waals surface area contributed by atoms with Crippen molar-refractivity contribution < 1.29 is 0 Å². The van der Waals surface area contributed by atoms with Crippen LogP contribution in [0.3, 0.4) is 0 Å². The highest BCUT2D eigenvalue weighted by Crippen LogP contribution is 2.30. The van der Waals surface area contributed by atoms with E-state index in [2.05, 4.69) is 33.1 Å².